The van der Waals surface area contributed by atoms with Gasteiger partial charge in [0.15, 0.2) is 0 Å². The van der Waals surface area contributed by atoms with Gasteiger partial charge >= 0.3 is 0 Å². The Balaban J connectivity index is 3.55. The van der Waals surface area contributed by atoms with Gasteiger partial charge in [-0.3, -0.25) is 0 Å². The van der Waals surface area contributed by atoms with Crippen LogP contribution in [-0.4, -0.2) is 54.2 Å². The van der Waals surface area contributed by atoms with Gasteiger partial charge in [0.25, 0.3) is 0 Å². The molecule has 0 unspecified atom stereocenters. The third kappa shape index (κ3) is 40.6. The molecule has 6 nitrogen and oxygen atoms in total. The van der Waals surface area contributed by atoms with Crippen molar-refractivity contribution in [3.8, 4) is 0 Å². The van der Waals surface area contributed by atoms with Crippen LogP contribution in [0.2, 0.25) is 0 Å². The number of hydrogen-bond acceptors (Lipinski definition) is 6. The fourth-order valence-electron chi connectivity index (χ4n) is 10.3. The Labute approximate surface area is 434 Å². The van der Waals surface area contributed by atoms with E-state index >= 15 is 0 Å². The SMILES string of the molecule is CCCCCCCCCCN(CCCCCCCCCC)c1nc(N(CCCCCCCCCC)CCCCCCCCCC)nc(N(CCCCCCCCCC)CCCCCCCCCC)n1. The van der Waals surface area contributed by atoms with Crippen LogP contribution >= 0.6 is 0 Å². The van der Waals surface area contributed by atoms with Gasteiger partial charge in [-0.25, -0.2) is 0 Å². The molecule has 0 atom stereocenters. The number of nitrogens with zero attached hydrogens (tertiary/aromatic N) is 6. The van der Waals surface area contributed by atoms with Gasteiger partial charge in [-0.05, 0) is 38.5 Å². The van der Waals surface area contributed by atoms with E-state index in [0.717, 1.165) is 57.1 Å². The van der Waals surface area contributed by atoms with Crippen molar-refractivity contribution in [1.82, 2.24) is 15.0 Å². The Morgan fingerprint density at radius 3 is 0.420 bits per heavy atom. The van der Waals surface area contributed by atoms with Crippen LogP contribution in [0.5, 0.6) is 0 Å². The first-order valence-corrected chi connectivity index (χ1v) is 32.2. The van der Waals surface area contributed by atoms with Crippen molar-refractivity contribution < 1.29 is 0 Å². The van der Waals surface area contributed by atoms with Crippen molar-refractivity contribution in [3.63, 3.8) is 0 Å². The molecule has 1 rings (SSSR count). The second-order valence-electron chi connectivity index (χ2n) is 22.0. The van der Waals surface area contributed by atoms with E-state index in [-0.39, 0.29) is 0 Å². The smallest absolute Gasteiger partial charge is 0.231 e. The Morgan fingerprint density at radius 1 is 0.174 bits per heavy atom. The second-order valence-corrected chi connectivity index (χ2v) is 22.0. The van der Waals surface area contributed by atoms with Crippen molar-refractivity contribution in [2.24, 2.45) is 0 Å². The summed E-state index contributed by atoms with van der Waals surface area (Å²) in [4.78, 5) is 24.7. The Morgan fingerprint density at radius 2 is 0.290 bits per heavy atom. The third-order valence-corrected chi connectivity index (χ3v) is 15.1. The minimum atomic E-state index is 0.981. The minimum Gasteiger partial charge on any atom is -0.341 e. The summed E-state index contributed by atoms with van der Waals surface area (Å²) in [6.45, 7) is 20.4. The normalized spacial score (nSPS) is 11.6. The van der Waals surface area contributed by atoms with Crippen molar-refractivity contribution in [2.45, 2.75) is 350 Å². The summed E-state index contributed by atoms with van der Waals surface area (Å²) in [6, 6.07) is 0. The zero-order valence-electron chi connectivity index (χ0n) is 48.4. The van der Waals surface area contributed by atoms with Crippen LogP contribution in [0.25, 0.3) is 0 Å². The van der Waals surface area contributed by atoms with Crippen LogP contribution in [0, 0.1) is 0 Å². The first-order chi connectivity index (χ1) is 34.1. The van der Waals surface area contributed by atoms with Gasteiger partial charge in [-0.15, -0.1) is 0 Å². The summed E-state index contributed by atoms with van der Waals surface area (Å²) < 4.78 is 0. The molecule has 0 saturated carbocycles. The van der Waals surface area contributed by atoms with Gasteiger partial charge in [-0.2, -0.15) is 15.0 Å². The van der Waals surface area contributed by atoms with Gasteiger partial charge in [0.2, 0.25) is 17.8 Å². The lowest BCUT2D eigenvalue weighted by molar-refractivity contribution is 0.544. The van der Waals surface area contributed by atoms with Crippen LogP contribution in [0.4, 0.5) is 17.8 Å². The topological polar surface area (TPSA) is 48.4 Å². The Hall–Kier alpha value is -1.59. The summed E-state index contributed by atoms with van der Waals surface area (Å²) in [6.07, 6.45) is 64.9. The standard InChI is InChI=1S/C63H126N6/c1-7-13-19-25-31-37-43-49-55-67(56-50-44-38-32-26-20-14-8-2)61-64-62(68(57-51-45-39-33-27-21-15-9-3)58-52-46-40-34-28-22-16-10-4)66-63(65-61)69(59-53-47-41-35-29-23-17-11-5)60-54-48-42-36-30-24-18-12-6/h7-60H2,1-6H3. The summed E-state index contributed by atoms with van der Waals surface area (Å²) >= 11 is 0. The lowest BCUT2D eigenvalue weighted by Crippen LogP contribution is -2.34. The largest absolute Gasteiger partial charge is 0.341 e. The van der Waals surface area contributed by atoms with E-state index in [9.17, 15) is 0 Å². The molecule has 6 heteroatoms. The van der Waals surface area contributed by atoms with Crippen molar-refractivity contribution in [3.05, 3.63) is 0 Å². The highest BCUT2D eigenvalue weighted by molar-refractivity contribution is 5.46. The van der Waals surface area contributed by atoms with E-state index in [1.807, 2.05) is 0 Å². The quantitative estimate of drug-likeness (QED) is 0.0606. The van der Waals surface area contributed by atoms with Gasteiger partial charge < -0.3 is 14.7 Å². The fraction of sp³-hybridized carbons (Fsp3) is 0.952. The Kier molecular flexibility index (Phi) is 50.0. The van der Waals surface area contributed by atoms with Gasteiger partial charge in [0.1, 0.15) is 0 Å². The minimum absolute atomic E-state index is 0.981. The van der Waals surface area contributed by atoms with Crippen LogP contribution in [0.15, 0.2) is 0 Å². The maximum Gasteiger partial charge on any atom is 0.231 e. The number of hydrogen-bond donors (Lipinski definition) is 0. The van der Waals surface area contributed by atoms with E-state index in [0.29, 0.717) is 0 Å². The second kappa shape index (κ2) is 52.7. The third-order valence-electron chi connectivity index (χ3n) is 15.1. The molecule has 1 heterocycles. The summed E-state index contributed by atoms with van der Waals surface area (Å²) in [5.41, 5.74) is 0. The van der Waals surface area contributed by atoms with Crippen LogP contribution in [-0.2, 0) is 0 Å². The molecule has 0 aliphatic carbocycles. The summed E-state index contributed by atoms with van der Waals surface area (Å²) in [5.74, 6) is 2.94. The van der Waals surface area contributed by atoms with Gasteiger partial charge in [0.05, 0.1) is 0 Å². The lowest BCUT2D eigenvalue weighted by atomic mass is 10.1. The zero-order valence-corrected chi connectivity index (χ0v) is 48.4. The van der Waals surface area contributed by atoms with Crippen molar-refractivity contribution >= 4 is 17.8 Å². The maximum atomic E-state index is 5.61. The molecule has 0 aromatic carbocycles. The van der Waals surface area contributed by atoms with Crippen LogP contribution in [0.1, 0.15) is 350 Å². The molecule has 0 amide bonds. The molecule has 69 heavy (non-hydrogen) atoms. The molecule has 1 aromatic rings. The molecule has 0 bridgehead atoms. The molecule has 0 aliphatic heterocycles. The van der Waals surface area contributed by atoms with E-state index < -0.39 is 0 Å². The van der Waals surface area contributed by atoms with Crippen molar-refractivity contribution in [1.29, 1.82) is 0 Å². The molecule has 0 radical (unpaired) electrons. The predicted molar refractivity (Wildman–Crippen MR) is 312 cm³/mol. The fourth-order valence-corrected chi connectivity index (χ4v) is 10.3. The first-order valence-electron chi connectivity index (χ1n) is 32.2. The lowest BCUT2D eigenvalue weighted by Gasteiger charge is -2.30. The average molecular weight is 968 g/mol. The first kappa shape index (κ1) is 65.4. The molecule has 0 N–H and O–H groups in total. The highest BCUT2D eigenvalue weighted by atomic mass is 15.4. The molecule has 1 aromatic heterocycles. The monoisotopic (exact) mass is 967 g/mol. The molecule has 0 spiro atoms. The Bertz CT molecular complexity index is 934. The molecule has 0 aliphatic rings. The predicted octanol–water partition coefficient (Wildman–Crippen LogP) is 21.1. The highest BCUT2D eigenvalue weighted by Gasteiger charge is 2.21. The van der Waals surface area contributed by atoms with Crippen LogP contribution in [0.3, 0.4) is 0 Å². The summed E-state index contributed by atoms with van der Waals surface area (Å²) in [5, 5.41) is 0. The molecular formula is C63H126N6. The van der Waals surface area contributed by atoms with Gasteiger partial charge in [-0.1, -0.05) is 311 Å². The molecular weight excluding hydrogens is 841 g/mol. The maximum absolute atomic E-state index is 5.61. The van der Waals surface area contributed by atoms with E-state index in [2.05, 4.69) is 56.2 Å². The average Bonchev–Trinajstić information content (AvgIpc) is 3.36. The zero-order chi connectivity index (χ0) is 49.8. The number of anilines is 3. The molecule has 0 fully saturated rings. The summed E-state index contributed by atoms with van der Waals surface area (Å²) in [7, 11) is 0. The van der Waals surface area contributed by atoms with E-state index in [1.54, 1.807) is 0 Å². The molecule has 408 valence electrons. The number of unbranched alkanes of at least 4 members (excludes halogenated alkanes) is 42. The molecule has 0 saturated heterocycles. The van der Waals surface area contributed by atoms with Crippen LogP contribution < -0.4 is 14.7 Å². The highest BCUT2D eigenvalue weighted by Crippen LogP contribution is 2.25. The van der Waals surface area contributed by atoms with Gasteiger partial charge in [0, 0.05) is 39.3 Å². The van der Waals surface area contributed by atoms with E-state index in [1.165, 1.54) is 308 Å². The van der Waals surface area contributed by atoms with Crippen molar-refractivity contribution in [2.75, 3.05) is 54.0 Å². The van der Waals surface area contributed by atoms with E-state index in [4.69, 9.17) is 15.0 Å². The number of rotatable bonds is 57. The number of aromatic nitrogens is 3.